The summed E-state index contributed by atoms with van der Waals surface area (Å²) in [6.45, 7) is 14.2. The van der Waals surface area contributed by atoms with Crippen molar-refractivity contribution < 1.29 is 80.2 Å². The van der Waals surface area contributed by atoms with E-state index < -0.39 is 97.5 Å². The molecule has 4 unspecified atom stereocenters. The third kappa shape index (κ3) is 69.0. The maximum absolute atomic E-state index is 13.1. The molecule has 6 atom stereocenters. The lowest BCUT2D eigenvalue weighted by molar-refractivity contribution is -0.161. The Morgan fingerprint density at radius 1 is 0.295 bits per heavy atom. The van der Waals surface area contributed by atoms with E-state index in [1.807, 2.05) is 0 Å². The maximum atomic E-state index is 13.1. The summed E-state index contributed by atoms with van der Waals surface area (Å²) < 4.78 is 68.5. The van der Waals surface area contributed by atoms with Crippen LogP contribution in [0.4, 0.5) is 0 Å². The lowest BCUT2D eigenvalue weighted by Crippen LogP contribution is -2.30. The summed E-state index contributed by atoms with van der Waals surface area (Å²) in [7, 11) is -9.91. The zero-order valence-electron chi connectivity index (χ0n) is 62.3. The van der Waals surface area contributed by atoms with Crippen molar-refractivity contribution in [3.05, 3.63) is 0 Å². The molecular formula is C76H148O17P2. The van der Waals surface area contributed by atoms with Gasteiger partial charge < -0.3 is 33.8 Å². The van der Waals surface area contributed by atoms with Crippen LogP contribution in [0.3, 0.4) is 0 Å². The Morgan fingerprint density at radius 3 is 0.747 bits per heavy atom. The van der Waals surface area contributed by atoms with Gasteiger partial charge in [0.25, 0.3) is 0 Å². The number of carbonyl (C=O) groups excluding carboxylic acids is 4. The van der Waals surface area contributed by atoms with Gasteiger partial charge in [-0.2, -0.15) is 0 Å². The van der Waals surface area contributed by atoms with Gasteiger partial charge in [-0.25, -0.2) is 9.13 Å². The first kappa shape index (κ1) is 93.1. The number of hydrogen-bond acceptors (Lipinski definition) is 15. The van der Waals surface area contributed by atoms with Crippen LogP contribution in [0.5, 0.6) is 0 Å². The normalized spacial score (nSPS) is 14.4. The van der Waals surface area contributed by atoms with Crippen molar-refractivity contribution >= 4 is 39.5 Å². The molecule has 0 bridgehead atoms. The SMILES string of the molecule is CCC(C)CCCCCCCCCCCCC(=O)OC[C@H](COP(=O)(O)OCC(O)COP(=O)(O)OC[C@@H](COC(=O)CCCCCCCCCCC(C)C)OC(=O)CCCCCCCCCCCCC(C)C)OC(=O)CCCCCCCCCCCCCCCCC(C)C. The number of hydrogen-bond donors (Lipinski definition) is 3. The molecule has 0 aromatic heterocycles. The molecule has 0 aliphatic carbocycles. The van der Waals surface area contributed by atoms with Crippen LogP contribution in [0, 0.1) is 23.7 Å². The molecule has 95 heavy (non-hydrogen) atoms. The molecule has 0 aliphatic heterocycles. The first-order chi connectivity index (χ1) is 45.6. The summed E-state index contributed by atoms with van der Waals surface area (Å²) in [5.41, 5.74) is 0. The highest BCUT2D eigenvalue weighted by Gasteiger charge is 2.30. The summed E-state index contributed by atoms with van der Waals surface area (Å²) in [4.78, 5) is 72.8. The molecule has 0 saturated heterocycles. The highest BCUT2D eigenvalue weighted by atomic mass is 31.2. The Balaban J connectivity index is 5.27. The summed E-state index contributed by atoms with van der Waals surface area (Å²) >= 11 is 0. The van der Waals surface area contributed by atoms with E-state index >= 15 is 0 Å². The minimum Gasteiger partial charge on any atom is -0.462 e. The second-order valence-electron chi connectivity index (χ2n) is 29.1. The van der Waals surface area contributed by atoms with Gasteiger partial charge in [-0.3, -0.25) is 37.3 Å². The quantitative estimate of drug-likeness (QED) is 0.0222. The van der Waals surface area contributed by atoms with Crippen LogP contribution in [0.1, 0.15) is 383 Å². The van der Waals surface area contributed by atoms with Gasteiger partial charge in [0.1, 0.15) is 19.3 Å². The van der Waals surface area contributed by atoms with Crippen LogP contribution < -0.4 is 0 Å². The van der Waals surface area contributed by atoms with Gasteiger partial charge >= 0.3 is 39.5 Å². The predicted octanol–water partition coefficient (Wildman–Crippen LogP) is 22.0. The molecule has 0 rings (SSSR count). The second kappa shape index (κ2) is 65.4. The van der Waals surface area contributed by atoms with Crippen LogP contribution in [-0.2, 0) is 65.4 Å². The Morgan fingerprint density at radius 2 is 0.505 bits per heavy atom. The molecule has 0 saturated carbocycles. The molecule has 3 N–H and O–H groups in total. The van der Waals surface area contributed by atoms with Crippen LogP contribution in [0.2, 0.25) is 0 Å². The molecule has 0 fully saturated rings. The first-order valence-electron chi connectivity index (χ1n) is 39.2. The fourth-order valence-corrected chi connectivity index (χ4v) is 13.1. The van der Waals surface area contributed by atoms with Gasteiger partial charge in [-0.1, -0.05) is 331 Å². The monoisotopic (exact) mass is 1400 g/mol. The average Bonchev–Trinajstić information content (AvgIpc) is 1.35. The van der Waals surface area contributed by atoms with Crippen molar-refractivity contribution in [2.75, 3.05) is 39.6 Å². The number of esters is 4. The van der Waals surface area contributed by atoms with Crippen molar-refractivity contribution in [3.63, 3.8) is 0 Å². The predicted molar refractivity (Wildman–Crippen MR) is 386 cm³/mol. The fraction of sp³-hybridized carbons (Fsp3) is 0.947. The molecule has 0 aromatic carbocycles. The highest BCUT2D eigenvalue weighted by Crippen LogP contribution is 2.45. The summed E-state index contributed by atoms with van der Waals surface area (Å²) in [6, 6.07) is 0. The molecular weight excluding hydrogens is 1250 g/mol. The highest BCUT2D eigenvalue weighted by molar-refractivity contribution is 7.47. The van der Waals surface area contributed by atoms with Gasteiger partial charge in [0.15, 0.2) is 12.2 Å². The summed E-state index contributed by atoms with van der Waals surface area (Å²) in [5.74, 6) is 0.962. The van der Waals surface area contributed by atoms with E-state index in [2.05, 4.69) is 55.4 Å². The van der Waals surface area contributed by atoms with Crippen molar-refractivity contribution in [2.24, 2.45) is 23.7 Å². The van der Waals surface area contributed by atoms with E-state index in [1.165, 1.54) is 186 Å². The number of aliphatic hydroxyl groups is 1. The Kier molecular flexibility index (Phi) is 64.0. The number of phosphoric ester groups is 2. The Labute approximate surface area is 581 Å². The van der Waals surface area contributed by atoms with E-state index in [0.29, 0.717) is 25.7 Å². The molecule has 0 amide bonds. The third-order valence-electron chi connectivity index (χ3n) is 17.9. The zero-order chi connectivity index (χ0) is 70.3. The molecule has 0 aliphatic rings. The van der Waals surface area contributed by atoms with E-state index in [9.17, 15) is 43.2 Å². The van der Waals surface area contributed by atoms with E-state index in [-0.39, 0.29) is 25.7 Å². The number of rotatable bonds is 73. The number of phosphoric acid groups is 2. The number of carbonyl (C=O) groups is 4. The van der Waals surface area contributed by atoms with Crippen molar-refractivity contribution in [1.82, 2.24) is 0 Å². The van der Waals surface area contributed by atoms with Crippen LogP contribution in [0.15, 0.2) is 0 Å². The molecule has 0 heterocycles. The third-order valence-corrected chi connectivity index (χ3v) is 19.8. The van der Waals surface area contributed by atoms with Crippen molar-refractivity contribution in [2.45, 2.75) is 401 Å². The molecule has 0 radical (unpaired) electrons. The number of aliphatic hydroxyl groups excluding tert-OH is 1. The lowest BCUT2D eigenvalue weighted by Gasteiger charge is -2.21. The first-order valence-corrected chi connectivity index (χ1v) is 42.2. The van der Waals surface area contributed by atoms with Gasteiger partial charge in [-0.05, 0) is 49.4 Å². The molecule has 0 spiro atoms. The zero-order valence-corrected chi connectivity index (χ0v) is 64.1. The van der Waals surface area contributed by atoms with Crippen molar-refractivity contribution in [1.29, 1.82) is 0 Å². The van der Waals surface area contributed by atoms with Crippen LogP contribution >= 0.6 is 15.6 Å². The molecule has 17 nitrogen and oxygen atoms in total. The second-order valence-corrected chi connectivity index (χ2v) is 32.0. The van der Waals surface area contributed by atoms with E-state index in [4.69, 9.17) is 37.0 Å². The lowest BCUT2D eigenvalue weighted by atomic mass is 9.99. The van der Waals surface area contributed by atoms with Gasteiger partial charge in [0, 0.05) is 25.7 Å². The van der Waals surface area contributed by atoms with Crippen LogP contribution in [0.25, 0.3) is 0 Å². The fourth-order valence-electron chi connectivity index (χ4n) is 11.5. The summed E-state index contributed by atoms with van der Waals surface area (Å²) in [5, 5.41) is 10.6. The Hall–Kier alpha value is -1.94. The Bertz CT molecular complexity index is 1870. The van der Waals surface area contributed by atoms with Gasteiger partial charge in [-0.15, -0.1) is 0 Å². The maximum Gasteiger partial charge on any atom is 0.472 e. The van der Waals surface area contributed by atoms with E-state index in [0.717, 1.165) is 114 Å². The topological polar surface area (TPSA) is 237 Å². The van der Waals surface area contributed by atoms with E-state index in [1.54, 1.807) is 0 Å². The largest absolute Gasteiger partial charge is 0.472 e. The molecule has 19 heteroatoms. The smallest absolute Gasteiger partial charge is 0.462 e. The minimum atomic E-state index is -4.96. The van der Waals surface area contributed by atoms with Gasteiger partial charge in [0.05, 0.1) is 26.4 Å². The summed E-state index contributed by atoms with van der Waals surface area (Å²) in [6.07, 6.45) is 49.9. The number of ether oxygens (including phenoxy) is 4. The van der Waals surface area contributed by atoms with Gasteiger partial charge in [0.2, 0.25) is 0 Å². The minimum absolute atomic E-state index is 0.105. The molecule has 0 aromatic rings. The van der Waals surface area contributed by atoms with Crippen LogP contribution in [-0.4, -0.2) is 96.7 Å². The van der Waals surface area contributed by atoms with Crippen molar-refractivity contribution in [3.8, 4) is 0 Å². The molecule has 564 valence electrons. The number of unbranched alkanes of at least 4 members (excludes halogenated alkanes) is 38. The average molecular weight is 1400 g/mol. The standard InChI is InChI=1S/C76H148O17P2/c1-9-69(8)55-47-39-31-22-17-19-23-32-40-48-56-73(78)86-62-71(92-75(80)58-50-42-34-24-15-13-11-10-12-14-20-28-36-44-52-66(2)3)64-90-94(82,83)88-60-70(77)61-89-95(84,85)91-65-72(63-87-74(79)57-49-41-33-27-26-30-38-46-54-68(6)7)93-76(81)59-51-43-35-25-18-16-21-29-37-45-53-67(4)5/h66-72,77H,9-65H2,1-8H3,(H,82,83)(H,84,85)/t69?,70?,71-,72-/m1/s1.